The van der Waals surface area contributed by atoms with E-state index in [1.165, 1.54) is 4.90 Å². The fourth-order valence-electron chi connectivity index (χ4n) is 2.58. The number of methoxy groups -OCH3 is 1. The molecule has 0 aliphatic rings. The van der Waals surface area contributed by atoms with E-state index in [9.17, 15) is 9.59 Å². The maximum Gasteiger partial charge on any atom is 0.272 e. The van der Waals surface area contributed by atoms with Crippen LogP contribution in [0.3, 0.4) is 0 Å². The molecule has 0 aliphatic carbocycles. The van der Waals surface area contributed by atoms with Crippen molar-refractivity contribution >= 4 is 17.3 Å². The van der Waals surface area contributed by atoms with Crippen molar-refractivity contribution < 1.29 is 14.3 Å². The van der Waals surface area contributed by atoms with E-state index in [1.54, 1.807) is 33.6 Å². The summed E-state index contributed by atoms with van der Waals surface area (Å²) in [5.41, 5.74) is 1.55. The number of imidazole rings is 2. The van der Waals surface area contributed by atoms with E-state index in [0.717, 1.165) is 0 Å². The normalized spacial score (nSPS) is 10.9. The fraction of sp³-hybridized carbons (Fsp3) is 0.333. The second-order valence-electron chi connectivity index (χ2n) is 6.20. The van der Waals surface area contributed by atoms with E-state index in [4.69, 9.17) is 4.74 Å². The van der Waals surface area contributed by atoms with Crippen LogP contribution in [0.15, 0.2) is 36.9 Å². The Balaban J connectivity index is 1.91. The molecule has 3 aromatic heterocycles. The third kappa shape index (κ3) is 3.98. The van der Waals surface area contributed by atoms with Gasteiger partial charge in [-0.15, -0.1) is 0 Å². The lowest BCUT2D eigenvalue weighted by Gasteiger charge is -2.10. The third-order valence-corrected chi connectivity index (χ3v) is 4.08. The molecule has 9 heteroatoms. The van der Waals surface area contributed by atoms with Gasteiger partial charge in [0.05, 0.1) is 25.0 Å². The molecule has 27 heavy (non-hydrogen) atoms. The van der Waals surface area contributed by atoms with Crippen molar-refractivity contribution in [3.05, 3.63) is 42.6 Å². The van der Waals surface area contributed by atoms with Gasteiger partial charge in [-0.3, -0.25) is 14.0 Å². The molecule has 142 valence electrons. The van der Waals surface area contributed by atoms with Gasteiger partial charge in [0.15, 0.2) is 11.5 Å². The highest BCUT2D eigenvalue weighted by Crippen LogP contribution is 2.21. The minimum Gasteiger partial charge on any atom is -0.383 e. The van der Waals surface area contributed by atoms with Gasteiger partial charge in [-0.2, -0.15) is 0 Å². The summed E-state index contributed by atoms with van der Waals surface area (Å²) in [5, 5.41) is 2.62. The zero-order valence-electron chi connectivity index (χ0n) is 15.5. The summed E-state index contributed by atoms with van der Waals surface area (Å²) in [7, 11) is 4.92. The molecule has 0 aliphatic heterocycles. The average Bonchev–Trinajstić information content (AvgIpc) is 3.28. The SMILES string of the molecule is COCCn1cnc(-c2nc(C(=O)NCC(=O)N(C)C)c3ccccn23)c1. The number of pyridine rings is 1. The Labute approximate surface area is 156 Å². The van der Waals surface area contributed by atoms with Crippen LogP contribution in [-0.4, -0.2) is 70.0 Å². The second kappa shape index (κ2) is 8.00. The molecule has 0 fully saturated rings. The van der Waals surface area contributed by atoms with E-state index < -0.39 is 5.91 Å². The third-order valence-electron chi connectivity index (χ3n) is 4.08. The minimum atomic E-state index is -0.404. The van der Waals surface area contributed by atoms with E-state index in [1.807, 2.05) is 33.5 Å². The van der Waals surface area contributed by atoms with Gasteiger partial charge in [-0.25, -0.2) is 9.97 Å². The van der Waals surface area contributed by atoms with Crippen LogP contribution in [0.25, 0.3) is 17.0 Å². The Morgan fingerprint density at radius 1 is 1.30 bits per heavy atom. The molecule has 3 heterocycles. The van der Waals surface area contributed by atoms with Gasteiger partial charge in [0.25, 0.3) is 5.91 Å². The first-order valence-corrected chi connectivity index (χ1v) is 8.47. The molecule has 0 radical (unpaired) electrons. The van der Waals surface area contributed by atoms with Gasteiger partial charge in [-0.05, 0) is 12.1 Å². The summed E-state index contributed by atoms with van der Waals surface area (Å²) < 4.78 is 8.79. The molecule has 9 nitrogen and oxygen atoms in total. The van der Waals surface area contributed by atoms with Gasteiger partial charge >= 0.3 is 0 Å². The second-order valence-corrected chi connectivity index (χ2v) is 6.20. The number of hydrogen-bond donors (Lipinski definition) is 1. The number of fused-ring (bicyclic) bond motifs is 1. The molecule has 0 saturated heterocycles. The Morgan fingerprint density at radius 3 is 2.85 bits per heavy atom. The van der Waals surface area contributed by atoms with Crippen molar-refractivity contribution in [3.8, 4) is 11.5 Å². The van der Waals surface area contributed by atoms with Gasteiger partial charge < -0.3 is 19.5 Å². The summed E-state index contributed by atoms with van der Waals surface area (Å²) in [6.45, 7) is 1.16. The maximum atomic E-state index is 12.6. The molecule has 0 saturated carbocycles. The number of carbonyl (C=O) groups is 2. The van der Waals surface area contributed by atoms with Crippen molar-refractivity contribution in [1.29, 1.82) is 0 Å². The minimum absolute atomic E-state index is 0.0847. The number of ether oxygens (including phenoxy) is 1. The van der Waals surface area contributed by atoms with E-state index in [2.05, 4.69) is 15.3 Å². The summed E-state index contributed by atoms with van der Waals surface area (Å²) in [6.07, 6.45) is 5.39. The number of nitrogens with one attached hydrogen (secondary N) is 1. The van der Waals surface area contributed by atoms with Crippen LogP contribution in [0.1, 0.15) is 10.5 Å². The molecule has 0 aromatic carbocycles. The predicted molar refractivity (Wildman–Crippen MR) is 99.3 cm³/mol. The van der Waals surface area contributed by atoms with Gasteiger partial charge in [0.2, 0.25) is 5.91 Å². The van der Waals surface area contributed by atoms with Gasteiger partial charge in [0, 0.05) is 40.1 Å². The molecule has 0 spiro atoms. The van der Waals surface area contributed by atoms with Gasteiger partial charge in [0.1, 0.15) is 5.69 Å². The number of rotatable bonds is 7. The van der Waals surface area contributed by atoms with Crippen molar-refractivity contribution in [2.75, 3.05) is 34.4 Å². The highest BCUT2D eigenvalue weighted by Gasteiger charge is 2.20. The molecule has 1 N–H and O–H groups in total. The Hall–Kier alpha value is -3.20. The van der Waals surface area contributed by atoms with Crippen LogP contribution in [0.5, 0.6) is 0 Å². The molecule has 3 aromatic rings. The highest BCUT2D eigenvalue weighted by molar-refractivity contribution is 6.01. The molecule has 0 atom stereocenters. The average molecular weight is 370 g/mol. The molecule has 0 bridgehead atoms. The van der Waals surface area contributed by atoms with Crippen LogP contribution < -0.4 is 5.32 Å². The lowest BCUT2D eigenvalue weighted by molar-refractivity contribution is -0.127. The van der Waals surface area contributed by atoms with Crippen molar-refractivity contribution in [3.63, 3.8) is 0 Å². The number of hydrogen-bond acceptors (Lipinski definition) is 5. The van der Waals surface area contributed by atoms with Crippen LogP contribution in [0.4, 0.5) is 0 Å². The first kappa shape index (κ1) is 18.6. The number of aromatic nitrogens is 4. The number of amides is 2. The highest BCUT2D eigenvalue weighted by atomic mass is 16.5. The Bertz CT molecular complexity index is 959. The van der Waals surface area contributed by atoms with Crippen molar-refractivity contribution in [2.45, 2.75) is 6.54 Å². The van der Waals surface area contributed by atoms with E-state index >= 15 is 0 Å². The quantitative estimate of drug-likeness (QED) is 0.659. The Kier molecular flexibility index (Phi) is 5.51. The first-order chi connectivity index (χ1) is 13.0. The predicted octanol–water partition coefficient (Wildman–Crippen LogP) is 0.662. The zero-order chi connectivity index (χ0) is 19.4. The largest absolute Gasteiger partial charge is 0.383 e. The van der Waals surface area contributed by atoms with Crippen LogP contribution in [-0.2, 0) is 16.1 Å². The Morgan fingerprint density at radius 2 is 2.11 bits per heavy atom. The van der Waals surface area contributed by atoms with Gasteiger partial charge in [-0.1, -0.05) is 6.07 Å². The molecular weight excluding hydrogens is 348 g/mol. The zero-order valence-corrected chi connectivity index (χ0v) is 15.5. The number of nitrogens with zero attached hydrogens (tertiary/aromatic N) is 5. The number of likely N-dealkylation sites (N-methyl/N-ethyl adjacent to an activating group) is 1. The van der Waals surface area contributed by atoms with E-state index in [-0.39, 0.29) is 18.1 Å². The number of carbonyl (C=O) groups excluding carboxylic acids is 2. The van der Waals surface area contributed by atoms with E-state index in [0.29, 0.717) is 30.2 Å². The summed E-state index contributed by atoms with van der Waals surface area (Å²) in [4.78, 5) is 34.6. The van der Waals surface area contributed by atoms with Crippen LogP contribution in [0.2, 0.25) is 0 Å². The van der Waals surface area contributed by atoms with Crippen LogP contribution >= 0.6 is 0 Å². The topological polar surface area (TPSA) is 93.8 Å². The smallest absolute Gasteiger partial charge is 0.272 e. The fourth-order valence-corrected chi connectivity index (χ4v) is 2.58. The van der Waals surface area contributed by atoms with Crippen LogP contribution in [0, 0.1) is 0 Å². The summed E-state index contributed by atoms with van der Waals surface area (Å²) >= 11 is 0. The molecule has 0 unspecified atom stereocenters. The van der Waals surface area contributed by atoms with Crippen molar-refractivity contribution in [1.82, 2.24) is 29.2 Å². The maximum absolute atomic E-state index is 12.6. The molecule has 3 rings (SSSR count). The van der Waals surface area contributed by atoms with Crippen molar-refractivity contribution in [2.24, 2.45) is 0 Å². The summed E-state index contributed by atoms with van der Waals surface area (Å²) in [6, 6.07) is 5.50. The molecular formula is C18H22N6O3. The molecule has 2 amide bonds. The lowest BCUT2D eigenvalue weighted by atomic mass is 10.3. The standard InChI is InChI=1S/C18H22N6O3/c1-22(2)15(25)10-19-18(26)16-14-6-4-5-7-24(14)17(21-16)13-11-23(12-20-13)8-9-27-3/h4-7,11-12H,8-10H2,1-3H3,(H,19,26). The monoisotopic (exact) mass is 370 g/mol. The first-order valence-electron chi connectivity index (χ1n) is 8.47. The summed E-state index contributed by atoms with van der Waals surface area (Å²) in [5.74, 6) is -0.0335. The lowest BCUT2D eigenvalue weighted by Crippen LogP contribution is -2.36.